The first-order valence-electron chi connectivity index (χ1n) is 7.58. The van der Waals surface area contributed by atoms with E-state index >= 15 is 0 Å². The molecular formula is C16H25NO2S. The fourth-order valence-electron chi connectivity index (χ4n) is 2.68. The maximum atomic E-state index is 11.9. The van der Waals surface area contributed by atoms with E-state index < -0.39 is 9.84 Å². The van der Waals surface area contributed by atoms with Crippen LogP contribution in [0.25, 0.3) is 0 Å². The van der Waals surface area contributed by atoms with Crippen LogP contribution in [0.3, 0.4) is 0 Å². The second kappa shape index (κ2) is 6.17. The third-order valence-electron chi connectivity index (χ3n) is 4.09. The number of hydrogen-bond donors (Lipinski definition) is 1. The van der Waals surface area contributed by atoms with Crippen LogP contribution in [0.4, 0.5) is 5.69 Å². The van der Waals surface area contributed by atoms with E-state index in [1.54, 1.807) is 12.1 Å². The predicted octanol–water partition coefficient (Wildman–Crippen LogP) is 3.86. The van der Waals surface area contributed by atoms with Gasteiger partial charge in [-0.1, -0.05) is 20.3 Å². The van der Waals surface area contributed by atoms with Gasteiger partial charge in [0.25, 0.3) is 0 Å². The number of hydrogen-bond acceptors (Lipinski definition) is 3. The van der Waals surface area contributed by atoms with Crippen LogP contribution in [0.1, 0.15) is 46.0 Å². The molecule has 1 aliphatic rings. The minimum atomic E-state index is -3.09. The van der Waals surface area contributed by atoms with Crippen LogP contribution in [0.15, 0.2) is 29.2 Å². The van der Waals surface area contributed by atoms with Gasteiger partial charge in [0.05, 0.1) is 10.6 Å². The zero-order valence-electron chi connectivity index (χ0n) is 12.5. The molecule has 1 aromatic rings. The molecule has 20 heavy (non-hydrogen) atoms. The molecule has 3 nitrogen and oxygen atoms in total. The Morgan fingerprint density at radius 1 is 1.10 bits per heavy atom. The second-order valence-corrected chi connectivity index (χ2v) is 8.06. The molecule has 1 N–H and O–H groups in total. The van der Waals surface area contributed by atoms with Crippen molar-refractivity contribution < 1.29 is 8.42 Å². The standard InChI is InChI=1S/C16H25NO2S/c1-3-9-16(10-11-16)13-17-14-5-7-15(8-6-14)20(18,19)12-4-2/h5-8,17H,3-4,9-13H2,1-2H3. The largest absolute Gasteiger partial charge is 0.384 e. The zero-order chi connectivity index (χ0) is 14.6. The lowest BCUT2D eigenvalue weighted by atomic mass is 10.0. The molecule has 0 heterocycles. The summed E-state index contributed by atoms with van der Waals surface area (Å²) in [7, 11) is -3.09. The van der Waals surface area contributed by atoms with E-state index in [4.69, 9.17) is 0 Å². The van der Waals surface area contributed by atoms with Crippen molar-refractivity contribution >= 4 is 15.5 Å². The Morgan fingerprint density at radius 2 is 1.75 bits per heavy atom. The smallest absolute Gasteiger partial charge is 0.178 e. The van der Waals surface area contributed by atoms with Crippen LogP contribution in [-0.4, -0.2) is 20.7 Å². The van der Waals surface area contributed by atoms with E-state index in [9.17, 15) is 8.42 Å². The minimum absolute atomic E-state index is 0.222. The molecule has 1 saturated carbocycles. The van der Waals surface area contributed by atoms with Crippen molar-refractivity contribution in [2.75, 3.05) is 17.6 Å². The zero-order valence-corrected chi connectivity index (χ0v) is 13.3. The maximum absolute atomic E-state index is 11.9. The van der Waals surface area contributed by atoms with E-state index in [-0.39, 0.29) is 5.75 Å². The van der Waals surface area contributed by atoms with Gasteiger partial charge in [-0.2, -0.15) is 0 Å². The van der Waals surface area contributed by atoms with Crippen LogP contribution in [0, 0.1) is 5.41 Å². The third kappa shape index (κ3) is 3.75. The highest BCUT2D eigenvalue weighted by molar-refractivity contribution is 7.91. The summed E-state index contributed by atoms with van der Waals surface area (Å²) in [5.41, 5.74) is 1.52. The first-order chi connectivity index (χ1) is 9.51. The molecule has 0 atom stereocenters. The van der Waals surface area contributed by atoms with Crippen molar-refractivity contribution in [2.24, 2.45) is 5.41 Å². The van der Waals surface area contributed by atoms with Gasteiger partial charge in [0.2, 0.25) is 0 Å². The SMILES string of the molecule is CCCC1(CNc2ccc(S(=O)(=O)CCC)cc2)CC1. The van der Waals surface area contributed by atoms with Gasteiger partial charge >= 0.3 is 0 Å². The van der Waals surface area contributed by atoms with E-state index in [0.29, 0.717) is 16.7 Å². The normalized spacial score (nSPS) is 16.9. The van der Waals surface area contributed by atoms with Gasteiger partial charge in [-0.15, -0.1) is 0 Å². The van der Waals surface area contributed by atoms with Crippen molar-refractivity contribution in [2.45, 2.75) is 50.8 Å². The summed E-state index contributed by atoms with van der Waals surface area (Å²) in [4.78, 5) is 0.430. The van der Waals surface area contributed by atoms with Gasteiger partial charge in [-0.3, -0.25) is 0 Å². The monoisotopic (exact) mass is 295 g/mol. The molecule has 1 aromatic carbocycles. The van der Waals surface area contributed by atoms with E-state index in [0.717, 1.165) is 12.2 Å². The summed E-state index contributed by atoms with van der Waals surface area (Å²) in [6, 6.07) is 7.19. The Bertz CT molecular complexity index is 530. The summed E-state index contributed by atoms with van der Waals surface area (Å²) in [6.07, 6.45) is 5.80. The minimum Gasteiger partial charge on any atom is -0.384 e. The summed E-state index contributed by atoms with van der Waals surface area (Å²) < 4.78 is 23.9. The summed E-state index contributed by atoms with van der Waals surface area (Å²) >= 11 is 0. The molecule has 0 radical (unpaired) electrons. The summed E-state index contributed by atoms with van der Waals surface area (Å²) in [5, 5.41) is 3.45. The lowest BCUT2D eigenvalue weighted by molar-refractivity contribution is 0.486. The molecule has 0 amide bonds. The fourth-order valence-corrected chi connectivity index (χ4v) is 4.00. The molecule has 0 bridgehead atoms. The van der Waals surface area contributed by atoms with Crippen molar-refractivity contribution in [3.05, 3.63) is 24.3 Å². The Labute approximate surface area is 122 Å². The number of anilines is 1. The Morgan fingerprint density at radius 3 is 2.25 bits per heavy atom. The van der Waals surface area contributed by atoms with Crippen LogP contribution in [0.5, 0.6) is 0 Å². The Kier molecular flexibility index (Phi) is 4.74. The number of rotatable bonds is 8. The Hall–Kier alpha value is -1.03. The molecule has 1 aliphatic carbocycles. The topological polar surface area (TPSA) is 46.2 Å². The molecule has 0 aromatic heterocycles. The molecule has 0 aliphatic heterocycles. The highest BCUT2D eigenvalue weighted by atomic mass is 32.2. The van der Waals surface area contributed by atoms with Gasteiger partial charge in [-0.05, 0) is 55.4 Å². The molecule has 0 unspecified atom stereocenters. The molecule has 2 rings (SSSR count). The van der Waals surface area contributed by atoms with Crippen LogP contribution >= 0.6 is 0 Å². The van der Waals surface area contributed by atoms with Crippen LogP contribution in [-0.2, 0) is 9.84 Å². The van der Waals surface area contributed by atoms with E-state index in [1.165, 1.54) is 25.7 Å². The average Bonchev–Trinajstić information content (AvgIpc) is 3.18. The molecule has 0 spiro atoms. The average molecular weight is 295 g/mol. The molecular weight excluding hydrogens is 270 g/mol. The number of sulfone groups is 1. The highest BCUT2D eigenvalue weighted by Crippen LogP contribution is 2.49. The first kappa shape index (κ1) is 15.4. The Balaban J connectivity index is 1.95. The molecule has 0 saturated heterocycles. The number of benzene rings is 1. The van der Waals surface area contributed by atoms with Gasteiger partial charge in [-0.25, -0.2) is 8.42 Å². The van der Waals surface area contributed by atoms with Crippen molar-refractivity contribution in [1.29, 1.82) is 0 Å². The highest BCUT2D eigenvalue weighted by Gasteiger charge is 2.40. The van der Waals surface area contributed by atoms with Gasteiger partial charge in [0.1, 0.15) is 0 Å². The molecule has 4 heteroatoms. The van der Waals surface area contributed by atoms with E-state index in [1.807, 2.05) is 19.1 Å². The molecule has 112 valence electrons. The van der Waals surface area contributed by atoms with Gasteiger partial charge in [0.15, 0.2) is 9.84 Å². The fraction of sp³-hybridized carbons (Fsp3) is 0.625. The first-order valence-corrected chi connectivity index (χ1v) is 9.23. The van der Waals surface area contributed by atoms with Gasteiger partial charge < -0.3 is 5.32 Å². The van der Waals surface area contributed by atoms with Crippen LogP contribution < -0.4 is 5.32 Å². The lowest BCUT2D eigenvalue weighted by Gasteiger charge is -2.16. The van der Waals surface area contributed by atoms with Gasteiger partial charge in [0, 0.05) is 12.2 Å². The summed E-state index contributed by atoms with van der Waals surface area (Å²) in [6.45, 7) is 5.12. The third-order valence-corrected chi connectivity index (χ3v) is 6.03. The van der Waals surface area contributed by atoms with Crippen molar-refractivity contribution in [3.63, 3.8) is 0 Å². The second-order valence-electron chi connectivity index (χ2n) is 5.95. The maximum Gasteiger partial charge on any atom is 0.178 e. The molecule has 1 fully saturated rings. The van der Waals surface area contributed by atoms with Crippen LogP contribution in [0.2, 0.25) is 0 Å². The summed E-state index contributed by atoms with van der Waals surface area (Å²) in [5.74, 6) is 0.222. The lowest BCUT2D eigenvalue weighted by Crippen LogP contribution is -2.15. The van der Waals surface area contributed by atoms with Crippen molar-refractivity contribution in [3.8, 4) is 0 Å². The number of nitrogens with one attached hydrogen (secondary N) is 1. The van der Waals surface area contributed by atoms with E-state index in [2.05, 4.69) is 12.2 Å². The van der Waals surface area contributed by atoms with Crippen molar-refractivity contribution in [1.82, 2.24) is 0 Å². The predicted molar refractivity (Wildman–Crippen MR) is 83.9 cm³/mol. The quantitative estimate of drug-likeness (QED) is 0.792.